The van der Waals surface area contributed by atoms with Crippen molar-refractivity contribution in [2.75, 3.05) is 7.11 Å². The smallest absolute Gasteiger partial charge is 0.260 e. The van der Waals surface area contributed by atoms with Gasteiger partial charge >= 0.3 is 0 Å². The molecule has 4 heteroatoms. The second-order valence-electron chi connectivity index (χ2n) is 5.87. The zero-order valence-corrected chi connectivity index (χ0v) is 14.5. The standard InChI is InChI=1S/C20H25NO3/c1-15(9-10-17-7-5-4-6-8-17)21-20(22)16(2)24-19-13-11-18(23-3)12-14-19/h4-8,11-16H,9-10H2,1-3H3,(H,21,22)/t15-,16-/m1/s1. The van der Waals surface area contributed by atoms with E-state index in [-0.39, 0.29) is 11.9 Å². The molecule has 0 bridgehead atoms. The number of nitrogens with one attached hydrogen (secondary N) is 1. The molecule has 0 saturated carbocycles. The molecule has 24 heavy (non-hydrogen) atoms. The van der Waals surface area contributed by atoms with Gasteiger partial charge in [0.1, 0.15) is 11.5 Å². The summed E-state index contributed by atoms with van der Waals surface area (Å²) in [5, 5.41) is 3.00. The lowest BCUT2D eigenvalue weighted by molar-refractivity contribution is -0.127. The van der Waals surface area contributed by atoms with E-state index >= 15 is 0 Å². The van der Waals surface area contributed by atoms with Gasteiger partial charge in [-0.2, -0.15) is 0 Å². The summed E-state index contributed by atoms with van der Waals surface area (Å²) in [6.07, 6.45) is 1.29. The van der Waals surface area contributed by atoms with Crippen LogP contribution in [0.25, 0.3) is 0 Å². The molecule has 2 rings (SSSR count). The lowest BCUT2D eigenvalue weighted by Crippen LogP contribution is -2.41. The third-order valence-corrected chi connectivity index (χ3v) is 3.84. The van der Waals surface area contributed by atoms with Crippen molar-refractivity contribution in [3.63, 3.8) is 0 Å². The number of hydrogen-bond donors (Lipinski definition) is 1. The van der Waals surface area contributed by atoms with Crippen LogP contribution < -0.4 is 14.8 Å². The topological polar surface area (TPSA) is 47.6 Å². The highest BCUT2D eigenvalue weighted by Crippen LogP contribution is 2.18. The van der Waals surface area contributed by atoms with E-state index in [4.69, 9.17) is 9.47 Å². The maximum Gasteiger partial charge on any atom is 0.260 e. The molecule has 128 valence electrons. The van der Waals surface area contributed by atoms with E-state index in [1.54, 1.807) is 26.2 Å². The first-order valence-corrected chi connectivity index (χ1v) is 8.23. The minimum atomic E-state index is -0.544. The predicted molar refractivity (Wildman–Crippen MR) is 95.5 cm³/mol. The van der Waals surface area contributed by atoms with Crippen LogP contribution in [0.15, 0.2) is 54.6 Å². The van der Waals surface area contributed by atoms with E-state index in [2.05, 4.69) is 17.4 Å². The van der Waals surface area contributed by atoms with Crippen LogP contribution in [-0.2, 0) is 11.2 Å². The number of benzene rings is 2. The van der Waals surface area contributed by atoms with Crippen LogP contribution in [0.1, 0.15) is 25.8 Å². The molecule has 0 unspecified atom stereocenters. The quantitative estimate of drug-likeness (QED) is 0.806. The Balaban J connectivity index is 1.77. The predicted octanol–water partition coefficient (Wildman–Crippen LogP) is 3.60. The third-order valence-electron chi connectivity index (χ3n) is 3.84. The van der Waals surface area contributed by atoms with E-state index in [1.807, 2.05) is 37.3 Å². The highest BCUT2D eigenvalue weighted by molar-refractivity contribution is 5.80. The van der Waals surface area contributed by atoms with Crippen LogP contribution in [0.4, 0.5) is 0 Å². The number of methoxy groups -OCH3 is 1. The summed E-state index contributed by atoms with van der Waals surface area (Å²) < 4.78 is 10.8. The van der Waals surface area contributed by atoms with Crippen molar-refractivity contribution in [1.82, 2.24) is 5.32 Å². The maximum atomic E-state index is 12.2. The number of aryl methyl sites for hydroxylation is 1. The molecule has 1 N–H and O–H groups in total. The Hall–Kier alpha value is -2.49. The van der Waals surface area contributed by atoms with Crippen LogP contribution in [0, 0.1) is 0 Å². The molecule has 1 amide bonds. The van der Waals surface area contributed by atoms with Crippen LogP contribution in [-0.4, -0.2) is 25.2 Å². The van der Waals surface area contributed by atoms with E-state index in [0.717, 1.165) is 18.6 Å². The van der Waals surface area contributed by atoms with Gasteiger partial charge in [0.25, 0.3) is 5.91 Å². The number of carbonyl (C=O) groups excluding carboxylic acids is 1. The fourth-order valence-electron chi connectivity index (χ4n) is 2.37. The Kier molecular flexibility index (Phi) is 6.67. The van der Waals surface area contributed by atoms with Crippen molar-refractivity contribution in [2.24, 2.45) is 0 Å². The van der Waals surface area contributed by atoms with Gasteiger partial charge in [-0.15, -0.1) is 0 Å². The molecule has 0 aromatic heterocycles. The summed E-state index contributed by atoms with van der Waals surface area (Å²) in [4.78, 5) is 12.2. The first-order valence-electron chi connectivity index (χ1n) is 8.23. The molecule has 0 heterocycles. The summed E-state index contributed by atoms with van der Waals surface area (Å²) in [5.74, 6) is 1.30. The average molecular weight is 327 g/mol. The number of amides is 1. The molecule has 0 aliphatic carbocycles. The zero-order chi connectivity index (χ0) is 17.4. The third kappa shape index (κ3) is 5.61. The normalized spacial score (nSPS) is 13.0. The van der Waals surface area contributed by atoms with Gasteiger partial charge in [-0.3, -0.25) is 4.79 Å². The minimum absolute atomic E-state index is 0.0969. The molecule has 0 fully saturated rings. The summed E-state index contributed by atoms with van der Waals surface area (Å²) >= 11 is 0. The summed E-state index contributed by atoms with van der Waals surface area (Å²) in [7, 11) is 1.61. The summed E-state index contributed by atoms with van der Waals surface area (Å²) in [6, 6.07) is 17.6. The lowest BCUT2D eigenvalue weighted by Gasteiger charge is -2.19. The molecule has 0 saturated heterocycles. The van der Waals surface area contributed by atoms with E-state index in [0.29, 0.717) is 5.75 Å². The Labute approximate surface area is 143 Å². The Morgan fingerprint density at radius 2 is 1.62 bits per heavy atom. The van der Waals surface area contributed by atoms with Gasteiger partial charge in [-0.1, -0.05) is 30.3 Å². The largest absolute Gasteiger partial charge is 0.497 e. The highest BCUT2D eigenvalue weighted by atomic mass is 16.5. The monoisotopic (exact) mass is 327 g/mol. The van der Waals surface area contributed by atoms with Gasteiger partial charge in [-0.25, -0.2) is 0 Å². The first kappa shape index (κ1) is 17.9. The van der Waals surface area contributed by atoms with Crippen molar-refractivity contribution in [3.8, 4) is 11.5 Å². The van der Waals surface area contributed by atoms with Crippen molar-refractivity contribution in [2.45, 2.75) is 38.8 Å². The summed E-state index contributed by atoms with van der Waals surface area (Å²) in [6.45, 7) is 3.77. The number of carbonyl (C=O) groups is 1. The zero-order valence-electron chi connectivity index (χ0n) is 14.5. The van der Waals surface area contributed by atoms with Gasteiger partial charge < -0.3 is 14.8 Å². The highest BCUT2D eigenvalue weighted by Gasteiger charge is 2.16. The summed E-state index contributed by atoms with van der Waals surface area (Å²) in [5.41, 5.74) is 1.28. The van der Waals surface area contributed by atoms with E-state index < -0.39 is 6.10 Å². The van der Waals surface area contributed by atoms with Crippen LogP contribution in [0.3, 0.4) is 0 Å². The Bertz CT molecular complexity index is 625. The molecule has 2 aromatic rings. The van der Waals surface area contributed by atoms with E-state index in [9.17, 15) is 4.79 Å². The second-order valence-corrected chi connectivity index (χ2v) is 5.87. The molecule has 0 aliphatic rings. The number of hydrogen-bond acceptors (Lipinski definition) is 3. The number of ether oxygens (including phenoxy) is 2. The first-order chi connectivity index (χ1) is 11.6. The van der Waals surface area contributed by atoms with Gasteiger partial charge in [0, 0.05) is 6.04 Å². The molecule has 2 aromatic carbocycles. The fraction of sp³-hybridized carbons (Fsp3) is 0.350. The van der Waals surface area contributed by atoms with Gasteiger partial charge in [0.2, 0.25) is 0 Å². The van der Waals surface area contributed by atoms with Gasteiger partial charge in [0.05, 0.1) is 7.11 Å². The van der Waals surface area contributed by atoms with Gasteiger partial charge in [0.15, 0.2) is 6.10 Å². The molecule has 0 spiro atoms. The van der Waals surface area contributed by atoms with Crippen molar-refractivity contribution in [1.29, 1.82) is 0 Å². The van der Waals surface area contributed by atoms with Crippen molar-refractivity contribution >= 4 is 5.91 Å². The fourth-order valence-corrected chi connectivity index (χ4v) is 2.37. The van der Waals surface area contributed by atoms with E-state index in [1.165, 1.54) is 5.56 Å². The maximum absolute atomic E-state index is 12.2. The number of rotatable bonds is 8. The van der Waals surface area contributed by atoms with Crippen molar-refractivity contribution in [3.05, 3.63) is 60.2 Å². The van der Waals surface area contributed by atoms with Crippen molar-refractivity contribution < 1.29 is 14.3 Å². The molecular formula is C20H25NO3. The molecule has 0 aliphatic heterocycles. The van der Waals surface area contributed by atoms with Gasteiger partial charge in [-0.05, 0) is 56.5 Å². The SMILES string of the molecule is COc1ccc(O[C@H](C)C(=O)N[C@H](C)CCc2ccccc2)cc1. The van der Waals surface area contributed by atoms with Crippen LogP contribution in [0.2, 0.25) is 0 Å². The minimum Gasteiger partial charge on any atom is -0.497 e. The molecule has 4 nitrogen and oxygen atoms in total. The average Bonchev–Trinajstić information content (AvgIpc) is 2.61. The Morgan fingerprint density at radius 3 is 2.25 bits per heavy atom. The molecular weight excluding hydrogens is 302 g/mol. The van der Waals surface area contributed by atoms with Crippen LogP contribution in [0.5, 0.6) is 11.5 Å². The molecule has 2 atom stereocenters. The second kappa shape index (κ2) is 8.96. The lowest BCUT2D eigenvalue weighted by atomic mass is 10.1. The Morgan fingerprint density at radius 1 is 1.00 bits per heavy atom. The van der Waals surface area contributed by atoms with Crippen LogP contribution >= 0.6 is 0 Å². The molecule has 0 radical (unpaired) electrons.